The van der Waals surface area contributed by atoms with Gasteiger partial charge in [-0.1, -0.05) is 6.08 Å². The fourth-order valence-electron chi connectivity index (χ4n) is 6.14. The molecule has 2 amide bonds. The number of amides is 2. The van der Waals surface area contributed by atoms with Crippen molar-refractivity contribution in [3.8, 4) is 0 Å². The third-order valence-electron chi connectivity index (χ3n) is 7.57. The van der Waals surface area contributed by atoms with Crippen molar-refractivity contribution in [1.29, 1.82) is 0 Å². The van der Waals surface area contributed by atoms with E-state index in [1.54, 1.807) is 17.9 Å². The van der Waals surface area contributed by atoms with Gasteiger partial charge in [0.05, 0.1) is 37.3 Å². The second-order valence-electron chi connectivity index (χ2n) is 9.35. The Morgan fingerprint density at radius 3 is 2.62 bits per heavy atom. The summed E-state index contributed by atoms with van der Waals surface area (Å²) in [6, 6.07) is -0.956. The molecule has 4 heterocycles. The smallest absolute Gasteiger partial charge is 0.310 e. The van der Waals surface area contributed by atoms with Gasteiger partial charge in [-0.2, -0.15) is 0 Å². The van der Waals surface area contributed by atoms with Gasteiger partial charge >= 0.3 is 5.97 Å². The Hall–Kier alpha value is -2.01. The average Bonchev–Trinajstić information content (AvgIpc) is 3.33. The zero-order chi connectivity index (χ0) is 23.1. The number of carbonyl (C=O) groups is 3. The minimum Gasteiger partial charge on any atom is -0.481 e. The van der Waals surface area contributed by atoms with E-state index in [0.29, 0.717) is 45.7 Å². The Kier molecular flexibility index (Phi) is 6.32. The van der Waals surface area contributed by atoms with Gasteiger partial charge in [0.2, 0.25) is 11.8 Å². The van der Waals surface area contributed by atoms with E-state index in [0.717, 1.165) is 13.1 Å². The monoisotopic (exact) mass is 451 g/mol. The maximum Gasteiger partial charge on any atom is 0.310 e. The van der Waals surface area contributed by atoms with Crippen LogP contribution in [-0.2, 0) is 23.9 Å². The molecule has 2 bridgehead atoms. The summed E-state index contributed by atoms with van der Waals surface area (Å²) in [6.45, 7) is 9.47. The molecule has 4 rings (SSSR count). The van der Waals surface area contributed by atoms with Gasteiger partial charge in [0.1, 0.15) is 11.6 Å². The molecular formula is C22H33N3O7. The van der Waals surface area contributed by atoms with Crippen LogP contribution in [0.3, 0.4) is 0 Å². The molecule has 32 heavy (non-hydrogen) atoms. The van der Waals surface area contributed by atoms with Crippen molar-refractivity contribution in [2.75, 3.05) is 59.1 Å². The molecule has 0 aliphatic carbocycles. The van der Waals surface area contributed by atoms with Crippen LogP contribution in [0.4, 0.5) is 0 Å². The predicted octanol–water partition coefficient (Wildman–Crippen LogP) is -0.825. The number of rotatable bonds is 9. The van der Waals surface area contributed by atoms with Crippen molar-refractivity contribution in [2.24, 2.45) is 11.8 Å². The molecule has 0 aromatic carbocycles. The molecule has 0 radical (unpaired) electrons. The standard InChI is InChI=1S/C22H33N3O7/c1-3-6-24(8-7-23-10-13-31-14-11-23)19(28)17-22-5-4-21(2,32-22)16(20(29)30)15(22)18(27)25(17)9-12-26/h3,15-17,26H,1,4-14H2,2H3,(H,29,30)/t15-,16+,17?,21-,22?/m0/s1. The number of hydrogen-bond acceptors (Lipinski definition) is 7. The maximum absolute atomic E-state index is 13.9. The maximum atomic E-state index is 13.9. The Morgan fingerprint density at radius 1 is 1.28 bits per heavy atom. The molecule has 10 heteroatoms. The SMILES string of the molecule is C=CCN(CCN1CCOCC1)C(=O)C1N(CCO)C(=O)[C@@H]2[C@H](C(=O)O)[C@]3(C)CCC12O3. The quantitative estimate of drug-likeness (QED) is 0.436. The molecule has 1 spiro atoms. The first kappa shape index (κ1) is 23.2. The molecule has 4 aliphatic heterocycles. The number of nitrogens with zero attached hydrogens (tertiary/aromatic N) is 3. The molecule has 0 aromatic rings. The minimum atomic E-state index is -1.18. The van der Waals surface area contributed by atoms with E-state index in [9.17, 15) is 24.6 Å². The Balaban J connectivity index is 1.62. The van der Waals surface area contributed by atoms with Crippen LogP contribution in [0.1, 0.15) is 19.8 Å². The number of aliphatic hydroxyl groups is 1. The fourth-order valence-corrected chi connectivity index (χ4v) is 6.14. The van der Waals surface area contributed by atoms with Crippen LogP contribution in [-0.4, -0.2) is 119 Å². The van der Waals surface area contributed by atoms with Gasteiger partial charge in [-0.25, -0.2) is 0 Å². The summed E-state index contributed by atoms with van der Waals surface area (Å²) >= 11 is 0. The third kappa shape index (κ3) is 3.53. The van der Waals surface area contributed by atoms with Crippen LogP contribution in [0.25, 0.3) is 0 Å². The number of aliphatic hydroxyl groups excluding tert-OH is 1. The Morgan fingerprint density at radius 2 is 2.00 bits per heavy atom. The van der Waals surface area contributed by atoms with E-state index >= 15 is 0 Å². The first-order valence-electron chi connectivity index (χ1n) is 11.3. The zero-order valence-electron chi connectivity index (χ0n) is 18.6. The molecule has 0 saturated carbocycles. The highest BCUT2D eigenvalue weighted by Crippen LogP contribution is 2.63. The fraction of sp³-hybridized carbons (Fsp3) is 0.773. The van der Waals surface area contributed by atoms with Crippen LogP contribution in [0.5, 0.6) is 0 Å². The minimum absolute atomic E-state index is 0.0364. The van der Waals surface area contributed by atoms with E-state index in [1.807, 2.05) is 0 Å². The zero-order valence-corrected chi connectivity index (χ0v) is 18.6. The van der Waals surface area contributed by atoms with E-state index in [2.05, 4.69) is 11.5 Å². The van der Waals surface area contributed by atoms with Crippen molar-refractivity contribution >= 4 is 17.8 Å². The number of carboxylic acid groups (broad SMARTS) is 1. The van der Waals surface area contributed by atoms with Crippen molar-refractivity contribution in [2.45, 2.75) is 37.0 Å². The molecule has 4 fully saturated rings. The molecule has 4 aliphatic rings. The second kappa shape index (κ2) is 8.74. The lowest BCUT2D eigenvalue weighted by Crippen LogP contribution is -2.57. The van der Waals surface area contributed by atoms with E-state index < -0.39 is 41.0 Å². The molecule has 2 unspecified atom stereocenters. The van der Waals surface area contributed by atoms with Crippen LogP contribution in [0.2, 0.25) is 0 Å². The first-order chi connectivity index (χ1) is 15.3. The van der Waals surface area contributed by atoms with Crippen LogP contribution >= 0.6 is 0 Å². The lowest BCUT2D eigenvalue weighted by atomic mass is 9.66. The third-order valence-corrected chi connectivity index (χ3v) is 7.57. The van der Waals surface area contributed by atoms with Crippen LogP contribution in [0.15, 0.2) is 12.7 Å². The highest BCUT2D eigenvalue weighted by Gasteiger charge is 2.78. The normalized spacial score (nSPS) is 36.4. The van der Waals surface area contributed by atoms with Gasteiger partial charge in [0, 0.05) is 39.3 Å². The number of carboxylic acids is 1. The Labute approximate surface area is 187 Å². The summed E-state index contributed by atoms with van der Waals surface area (Å²) < 4.78 is 11.7. The largest absolute Gasteiger partial charge is 0.481 e. The summed E-state index contributed by atoms with van der Waals surface area (Å²) in [5.41, 5.74) is -2.16. The van der Waals surface area contributed by atoms with Gasteiger partial charge < -0.3 is 29.5 Å². The lowest BCUT2D eigenvalue weighted by Gasteiger charge is -2.37. The van der Waals surface area contributed by atoms with Crippen LogP contribution < -0.4 is 0 Å². The molecule has 178 valence electrons. The van der Waals surface area contributed by atoms with E-state index in [1.165, 1.54) is 4.90 Å². The Bertz CT molecular complexity index is 785. The molecule has 10 nitrogen and oxygen atoms in total. The number of morpholine rings is 1. The van der Waals surface area contributed by atoms with Gasteiger partial charge in [-0.3, -0.25) is 19.3 Å². The summed E-state index contributed by atoms with van der Waals surface area (Å²) in [5.74, 6) is -3.72. The number of hydrogen-bond donors (Lipinski definition) is 2. The summed E-state index contributed by atoms with van der Waals surface area (Å²) in [4.78, 5) is 44.6. The number of likely N-dealkylation sites (tertiary alicyclic amines) is 1. The highest BCUT2D eigenvalue weighted by atomic mass is 16.5. The number of fused-ring (bicyclic) bond motifs is 1. The number of carbonyl (C=O) groups excluding carboxylic acids is 2. The van der Waals surface area contributed by atoms with Crippen LogP contribution in [0, 0.1) is 11.8 Å². The van der Waals surface area contributed by atoms with Gasteiger partial charge in [0.15, 0.2) is 0 Å². The summed E-state index contributed by atoms with van der Waals surface area (Å²) in [6.07, 6.45) is 2.56. The van der Waals surface area contributed by atoms with Gasteiger partial charge in [0.25, 0.3) is 0 Å². The van der Waals surface area contributed by atoms with Crippen molar-refractivity contribution in [3.63, 3.8) is 0 Å². The average molecular weight is 452 g/mol. The van der Waals surface area contributed by atoms with Gasteiger partial charge in [-0.15, -0.1) is 6.58 Å². The summed E-state index contributed by atoms with van der Waals surface area (Å²) in [7, 11) is 0. The summed E-state index contributed by atoms with van der Waals surface area (Å²) in [5, 5.41) is 19.5. The second-order valence-corrected chi connectivity index (χ2v) is 9.35. The molecule has 5 atom stereocenters. The lowest BCUT2D eigenvalue weighted by molar-refractivity contribution is -0.156. The number of β-amino-alcohol motifs (C(OH)–C–C–N with tert-alkyl or cyclic N) is 1. The topological polar surface area (TPSA) is 120 Å². The number of aliphatic carboxylic acids is 1. The molecular weight excluding hydrogens is 418 g/mol. The number of ether oxygens (including phenoxy) is 2. The molecule has 2 N–H and O–H groups in total. The highest BCUT2D eigenvalue weighted by molar-refractivity contribution is 5.98. The first-order valence-corrected chi connectivity index (χ1v) is 11.3. The van der Waals surface area contributed by atoms with Gasteiger partial charge in [-0.05, 0) is 19.8 Å². The molecule has 0 aromatic heterocycles. The molecule has 4 saturated heterocycles. The predicted molar refractivity (Wildman–Crippen MR) is 113 cm³/mol. The van der Waals surface area contributed by atoms with Crippen molar-refractivity contribution in [3.05, 3.63) is 12.7 Å². The van der Waals surface area contributed by atoms with E-state index in [4.69, 9.17) is 9.47 Å². The van der Waals surface area contributed by atoms with Crippen molar-refractivity contribution in [1.82, 2.24) is 14.7 Å². The van der Waals surface area contributed by atoms with E-state index in [-0.39, 0.29) is 19.1 Å². The van der Waals surface area contributed by atoms with Crippen molar-refractivity contribution < 1.29 is 34.1 Å².